The fraction of sp³-hybridized carbons (Fsp3) is 0. The first-order chi connectivity index (χ1) is 3.95. The SMILES string of the molecule is C1=NOc2cc1[nH][nH+]2. The van der Waals surface area contributed by atoms with E-state index in [9.17, 15) is 0 Å². The summed E-state index contributed by atoms with van der Waals surface area (Å²) in [4.78, 5) is 4.70. The molecule has 0 spiro atoms. The van der Waals surface area contributed by atoms with Crippen molar-refractivity contribution >= 4 is 6.21 Å². The summed E-state index contributed by atoms with van der Waals surface area (Å²) in [6.07, 6.45) is 1.60. The van der Waals surface area contributed by atoms with Gasteiger partial charge in [-0.3, -0.25) is 4.84 Å². The molecule has 4 nitrogen and oxygen atoms in total. The van der Waals surface area contributed by atoms with Gasteiger partial charge in [-0.05, 0) is 0 Å². The van der Waals surface area contributed by atoms with Gasteiger partial charge < -0.3 is 0 Å². The lowest BCUT2D eigenvalue weighted by Crippen LogP contribution is -2.02. The molecular formula is C4H4N3O+. The van der Waals surface area contributed by atoms with Crippen molar-refractivity contribution in [1.29, 1.82) is 0 Å². The van der Waals surface area contributed by atoms with Crippen LogP contribution in [0.1, 0.15) is 5.69 Å². The monoisotopic (exact) mass is 110 g/mol. The van der Waals surface area contributed by atoms with Gasteiger partial charge in [0, 0.05) is 0 Å². The molecule has 4 heteroatoms. The van der Waals surface area contributed by atoms with Crippen LogP contribution < -0.4 is 9.94 Å². The van der Waals surface area contributed by atoms with E-state index in [2.05, 4.69) is 15.4 Å². The van der Waals surface area contributed by atoms with Crippen molar-refractivity contribution in [1.82, 2.24) is 5.10 Å². The summed E-state index contributed by atoms with van der Waals surface area (Å²) in [6.45, 7) is 0. The number of aromatic nitrogens is 2. The summed E-state index contributed by atoms with van der Waals surface area (Å²) < 4.78 is 0. The van der Waals surface area contributed by atoms with Gasteiger partial charge in [0.1, 0.15) is 5.69 Å². The maximum Gasteiger partial charge on any atom is 0.418 e. The molecule has 2 N–H and O–H groups in total. The normalized spacial score (nSPS) is 13.5. The quantitative estimate of drug-likeness (QED) is 0.483. The first-order valence-corrected chi connectivity index (χ1v) is 2.26. The standard InChI is InChI=1S/C4H3N3O/c1-3-2-5-8-4(1)7-6-3/h1-2H,(H,6,7)/p+1. The number of oxime groups is 1. The van der Waals surface area contributed by atoms with E-state index in [0.717, 1.165) is 5.69 Å². The molecule has 0 fully saturated rings. The van der Waals surface area contributed by atoms with Crippen LogP contribution >= 0.6 is 0 Å². The summed E-state index contributed by atoms with van der Waals surface area (Å²) in [7, 11) is 0. The van der Waals surface area contributed by atoms with Crippen LogP contribution in [0.25, 0.3) is 0 Å². The van der Waals surface area contributed by atoms with Crippen LogP contribution in [-0.4, -0.2) is 11.3 Å². The van der Waals surface area contributed by atoms with Gasteiger partial charge in [0.2, 0.25) is 0 Å². The van der Waals surface area contributed by atoms with Crippen LogP contribution in [0.5, 0.6) is 5.88 Å². The van der Waals surface area contributed by atoms with E-state index in [1.807, 2.05) is 6.07 Å². The molecule has 2 rings (SSSR count). The number of fused-ring (bicyclic) bond motifs is 2. The molecule has 0 radical (unpaired) electrons. The van der Waals surface area contributed by atoms with E-state index in [-0.39, 0.29) is 0 Å². The van der Waals surface area contributed by atoms with Crippen LogP contribution in [0.2, 0.25) is 0 Å². The van der Waals surface area contributed by atoms with Gasteiger partial charge in [0.05, 0.1) is 12.3 Å². The zero-order valence-corrected chi connectivity index (χ0v) is 4.01. The second-order valence-electron chi connectivity index (χ2n) is 1.54. The summed E-state index contributed by atoms with van der Waals surface area (Å²) in [6, 6.07) is 1.83. The Labute approximate surface area is 45.2 Å². The topological polar surface area (TPSA) is 51.5 Å². The highest BCUT2D eigenvalue weighted by molar-refractivity contribution is 5.77. The molecule has 0 unspecified atom stereocenters. The minimum absolute atomic E-state index is 0.655. The smallest absolute Gasteiger partial charge is 0.291 e. The van der Waals surface area contributed by atoms with Gasteiger partial charge in [0.15, 0.2) is 0 Å². The van der Waals surface area contributed by atoms with Crippen LogP contribution in [0, 0.1) is 0 Å². The number of rotatable bonds is 0. The lowest BCUT2D eigenvalue weighted by molar-refractivity contribution is -0.460. The predicted octanol–water partition coefficient (Wildman–Crippen LogP) is -0.445. The van der Waals surface area contributed by atoms with Crippen LogP contribution in [-0.2, 0) is 0 Å². The zero-order valence-electron chi connectivity index (χ0n) is 4.01. The van der Waals surface area contributed by atoms with E-state index in [0.29, 0.717) is 5.88 Å². The van der Waals surface area contributed by atoms with Gasteiger partial charge in [0.25, 0.3) is 0 Å². The van der Waals surface area contributed by atoms with Crippen molar-refractivity contribution in [3.8, 4) is 5.88 Å². The molecule has 1 aliphatic heterocycles. The van der Waals surface area contributed by atoms with Crippen molar-refractivity contribution in [3.63, 3.8) is 0 Å². The first kappa shape index (κ1) is 3.65. The number of aromatic amines is 2. The molecule has 2 bridgehead atoms. The van der Waals surface area contributed by atoms with E-state index < -0.39 is 0 Å². The Kier molecular flexibility index (Phi) is 0.498. The Morgan fingerprint density at radius 2 is 2.75 bits per heavy atom. The van der Waals surface area contributed by atoms with Gasteiger partial charge >= 0.3 is 5.88 Å². The average molecular weight is 110 g/mol. The van der Waals surface area contributed by atoms with E-state index in [4.69, 9.17) is 4.84 Å². The Bertz CT molecular complexity index is 227. The Balaban J connectivity index is 2.66. The number of H-pyrrole nitrogens is 2. The summed E-state index contributed by atoms with van der Waals surface area (Å²) in [5, 5.41) is 9.11. The number of nitrogens with one attached hydrogen (secondary N) is 2. The Morgan fingerprint density at radius 1 is 1.75 bits per heavy atom. The minimum Gasteiger partial charge on any atom is -0.291 e. The lowest BCUT2D eigenvalue weighted by atomic mass is 10.5. The van der Waals surface area contributed by atoms with Crippen molar-refractivity contribution in [2.75, 3.05) is 0 Å². The zero-order chi connectivity index (χ0) is 5.40. The largest absolute Gasteiger partial charge is 0.418 e. The molecular weight excluding hydrogens is 106 g/mol. The number of hydrogen-bond donors (Lipinski definition) is 1. The summed E-state index contributed by atoms with van der Waals surface area (Å²) >= 11 is 0. The Morgan fingerprint density at radius 3 is 3.50 bits per heavy atom. The second kappa shape index (κ2) is 1.09. The highest BCUT2D eigenvalue weighted by Gasteiger charge is 2.09. The third-order valence-electron chi connectivity index (χ3n) is 0.959. The molecule has 8 heavy (non-hydrogen) atoms. The molecule has 0 saturated heterocycles. The molecule has 0 amide bonds. The molecule has 1 aliphatic rings. The van der Waals surface area contributed by atoms with Crippen LogP contribution in [0.3, 0.4) is 0 Å². The van der Waals surface area contributed by atoms with E-state index in [1.165, 1.54) is 0 Å². The number of hydrogen-bond acceptors (Lipinski definition) is 2. The molecule has 0 aromatic carbocycles. The maximum absolute atomic E-state index is 4.70. The van der Waals surface area contributed by atoms with Gasteiger partial charge in [-0.1, -0.05) is 10.3 Å². The van der Waals surface area contributed by atoms with Crippen LogP contribution in [0.15, 0.2) is 11.2 Å². The third kappa shape index (κ3) is 0.339. The molecule has 0 atom stereocenters. The van der Waals surface area contributed by atoms with Gasteiger partial charge in [-0.2, -0.15) is 5.10 Å². The van der Waals surface area contributed by atoms with Crippen molar-refractivity contribution in [2.45, 2.75) is 0 Å². The first-order valence-electron chi connectivity index (χ1n) is 2.26. The minimum atomic E-state index is 0.655. The Hall–Kier alpha value is -1.32. The fourth-order valence-corrected chi connectivity index (χ4v) is 0.606. The predicted molar refractivity (Wildman–Crippen MR) is 25.6 cm³/mol. The maximum atomic E-state index is 4.70. The lowest BCUT2D eigenvalue weighted by Gasteiger charge is -1.85. The highest BCUT2D eigenvalue weighted by Crippen LogP contribution is 2.05. The summed E-state index contributed by atoms with van der Waals surface area (Å²) in [5.41, 5.74) is 0.936. The average Bonchev–Trinajstić information content (AvgIpc) is 2.12. The van der Waals surface area contributed by atoms with Crippen molar-refractivity contribution in [3.05, 3.63) is 11.8 Å². The third-order valence-corrected chi connectivity index (χ3v) is 0.959. The van der Waals surface area contributed by atoms with Crippen molar-refractivity contribution in [2.24, 2.45) is 5.16 Å². The molecule has 0 aliphatic carbocycles. The molecule has 1 aromatic heterocycles. The number of nitrogens with zero attached hydrogens (tertiary/aromatic N) is 1. The molecule has 1 aromatic rings. The second-order valence-corrected chi connectivity index (χ2v) is 1.54. The van der Waals surface area contributed by atoms with E-state index >= 15 is 0 Å². The molecule has 2 heterocycles. The van der Waals surface area contributed by atoms with Crippen molar-refractivity contribution < 1.29 is 9.94 Å². The molecule has 40 valence electrons. The van der Waals surface area contributed by atoms with Crippen LogP contribution in [0.4, 0.5) is 0 Å². The summed E-state index contributed by atoms with van der Waals surface area (Å²) in [5.74, 6) is 0.655. The highest BCUT2D eigenvalue weighted by atomic mass is 16.6. The molecule has 0 saturated carbocycles. The van der Waals surface area contributed by atoms with E-state index in [1.54, 1.807) is 6.21 Å². The fourth-order valence-electron chi connectivity index (χ4n) is 0.606. The van der Waals surface area contributed by atoms with Gasteiger partial charge in [-0.15, -0.1) is 0 Å². The van der Waals surface area contributed by atoms with Gasteiger partial charge in [-0.25, -0.2) is 0 Å².